The highest BCUT2D eigenvalue weighted by Crippen LogP contribution is 2.41. The van der Waals surface area contributed by atoms with E-state index in [2.05, 4.69) is 19.1 Å². The maximum atomic E-state index is 11.8. The van der Waals surface area contributed by atoms with Gasteiger partial charge in [-0.1, -0.05) is 6.07 Å². The molecule has 4 heteroatoms. The van der Waals surface area contributed by atoms with Crippen molar-refractivity contribution < 1.29 is 14.3 Å². The molecule has 1 aromatic carbocycles. The zero-order valence-corrected chi connectivity index (χ0v) is 12.5. The van der Waals surface area contributed by atoms with Crippen LogP contribution in [-0.4, -0.2) is 25.0 Å². The second kappa shape index (κ2) is 5.65. The molecule has 4 nitrogen and oxygen atoms in total. The Hall–Kier alpha value is -1.84. The topological polar surface area (TPSA) is 46.6 Å². The zero-order chi connectivity index (χ0) is 14.9. The molecule has 1 heterocycles. The molecule has 0 aliphatic carbocycles. The molecule has 108 valence electrons. The van der Waals surface area contributed by atoms with Crippen LogP contribution in [0.25, 0.3) is 0 Å². The number of carbonyl (C=O) groups is 2. The number of ether oxygens (including phenoxy) is 1. The number of nitrogens with zero attached hydrogens (tertiary/aromatic N) is 1. The monoisotopic (exact) mass is 275 g/mol. The third kappa shape index (κ3) is 2.84. The predicted molar refractivity (Wildman–Crippen MR) is 77.9 cm³/mol. The molecule has 1 aliphatic heterocycles. The Morgan fingerprint density at radius 1 is 1.30 bits per heavy atom. The van der Waals surface area contributed by atoms with E-state index in [-0.39, 0.29) is 17.8 Å². The summed E-state index contributed by atoms with van der Waals surface area (Å²) in [6.45, 7) is 8.20. The lowest BCUT2D eigenvalue weighted by Gasteiger charge is -2.15. The first-order valence-electron chi connectivity index (χ1n) is 6.92. The fourth-order valence-electron chi connectivity index (χ4n) is 3.00. The number of carbonyl (C=O) groups excluding carboxylic acids is 2. The summed E-state index contributed by atoms with van der Waals surface area (Å²) in [4.78, 5) is 24.5. The summed E-state index contributed by atoms with van der Waals surface area (Å²) in [6.07, 6.45) is 0.750. The van der Waals surface area contributed by atoms with Crippen molar-refractivity contribution >= 4 is 17.6 Å². The number of aryl methyl sites for hydroxylation is 2. The van der Waals surface area contributed by atoms with E-state index in [4.69, 9.17) is 4.74 Å². The van der Waals surface area contributed by atoms with E-state index in [0.717, 1.165) is 17.7 Å². The number of esters is 1. The van der Waals surface area contributed by atoms with Gasteiger partial charge in [0.1, 0.15) is 0 Å². The fraction of sp³-hybridized carbons (Fsp3) is 0.500. The van der Waals surface area contributed by atoms with Gasteiger partial charge in [-0.15, -0.1) is 0 Å². The van der Waals surface area contributed by atoms with E-state index in [9.17, 15) is 9.59 Å². The largest absolute Gasteiger partial charge is 0.466 e. The molecule has 0 spiro atoms. The number of anilines is 1. The number of benzene rings is 1. The van der Waals surface area contributed by atoms with Gasteiger partial charge in [0.25, 0.3) is 0 Å². The van der Waals surface area contributed by atoms with Gasteiger partial charge in [-0.25, -0.2) is 0 Å². The van der Waals surface area contributed by atoms with Crippen molar-refractivity contribution in [1.29, 1.82) is 0 Å². The normalized spacial score (nSPS) is 17.0. The van der Waals surface area contributed by atoms with E-state index in [1.165, 1.54) is 18.1 Å². The highest BCUT2D eigenvalue weighted by atomic mass is 16.5. The van der Waals surface area contributed by atoms with Crippen LogP contribution in [0.2, 0.25) is 0 Å². The Kier molecular flexibility index (Phi) is 4.12. The summed E-state index contributed by atoms with van der Waals surface area (Å²) in [7, 11) is 0. The van der Waals surface area contributed by atoms with E-state index in [0.29, 0.717) is 13.2 Å². The first-order valence-corrected chi connectivity index (χ1v) is 6.92. The van der Waals surface area contributed by atoms with Crippen LogP contribution < -0.4 is 4.90 Å². The number of amides is 1. The molecule has 0 saturated heterocycles. The molecule has 20 heavy (non-hydrogen) atoms. The maximum absolute atomic E-state index is 11.8. The van der Waals surface area contributed by atoms with Crippen molar-refractivity contribution in [3.63, 3.8) is 0 Å². The number of hydrogen-bond acceptors (Lipinski definition) is 3. The first-order chi connectivity index (χ1) is 9.40. The van der Waals surface area contributed by atoms with Gasteiger partial charge < -0.3 is 9.64 Å². The minimum absolute atomic E-state index is 0.0613. The third-order valence-electron chi connectivity index (χ3n) is 3.76. The van der Waals surface area contributed by atoms with Gasteiger partial charge in [0.15, 0.2) is 0 Å². The summed E-state index contributed by atoms with van der Waals surface area (Å²) >= 11 is 0. The minimum Gasteiger partial charge on any atom is -0.466 e. The molecular weight excluding hydrogens is 254 g/mol. The van der Waals surface area contributed by atoms with Gasteiger partial charge in [-0.2, -0.15) is 0 Å². The van der Waals surface area contributed by atoms with Crippen molar-refractivity contribution in [2.24, 2.45) is 0 Å². The number of fused-ring (bicyclic) bond motifs is 1. The summed E-state index contributed by atoms with van der Waals surface area (Å²) in [6, 6.07) is 4.21. The Labute approximate surface area is 119 Å². The molecule has 0 fully saturated rings. The molecule has 0 saturated carbocycles. The van der Waals surface area contributed by atoms with Crippen molar-refractivity contribution in [1.82, 2.24) is 0 Å². The van der Waals surface area contributed by atoms with Gasteiger partial charge >= 0.3 is 5.97 Å². The molecule has 1 atom stereocenters. The predicted octanol–water partition coefficient (Wildman–Crippen LogP) is 2.71. The first kappa shape index (κ1) is 14.6. The van der Waals surface area contributed by atoms with Crippen molar-refractivity contribution in [2.45, 2.75) is 40.0 Å². The lowest BCUT2D eigenvalue weighted by atomic mass is 9.93. The zero-order valence-electron chi connectivity index (χ0n) is 12.5. The summed E-state index contributed by atoms with van der Waals surface area (Å²) < 4.78 is 5.04. The molecule has 0 bridgehead atoms. The Balaban J connectivity index is 2.27. The van der Waals surface area contributed by atoms with E-state index in [1.807, 2.05) is 11.8 Å². The maximum Gasteiger partial charge on any atom is 0.302 e. The number of hydrogen-bond donors (Lipinski definition) is 0. The van der Waals surface area contributed by atoms with Crippen LogP contribution in [0, 0.1) is 13.8 Å². The summed E-state index contributed by atoms with van der Waals surface area (Å²) in [5.41, 5.74) is 4.60. The van der Waals surface area contributed by atoms with Crippen molar-refractivity contribution in [3.05, 3.63) is 28.8 Å². The average Bonchev–Trinajstić information content (AvgIpc) is 2.67. The quantitative estimate of drug-likeness (QED) is 0.797. The molecule has 0 radical (unpaired) electrons. The van der Waals surface area contributed by atoms with Gasteiger partial charge in [-0.3, -0.25) is 9.59 Å². The third-order valence-corrected chi connectivity index (χ3v) is 3.76. The highest BCUT2D eigenvalue weighted by Gasteiger charge is 2.32. The van der Waals surface area contributed by atoms with Crippen LogP contribution in [0.1, 0.15) is 42.9 Å². The van der Waals surface area contributed by atoms with Gasteiger partial charge in [0, 0.05) is 32.0 Å². The molecule has 1 aliphatic rings. The van der Waals surface area contributed by atoms with Crippen molar-refractivity contribution in [3.8, 4) is 0 Å². The molecule has 0 N–H and O–H groups in total. The SMILES string of the molecule is CC(=O)OCCC1CN(C(C)=O)c2cc(C)cc(C)c21. The second-order valence-corrected chi connectivity index (χ2v) is 5.47. The fourth-order valence-corrected chi connectivity index (χ4v) is 3.00. The van der Waals surface area contributed by atoms with Gasteiger partial charge in [-0.05, 0) is 43.0 Å². The van der Waals surface area contributed by atoms with E-state index < -0.39 is 0 Å². The standard InChI is InChI=1S/C16H21NO3/c1-10-7-11(2)16-14(5-6-20-13(4)19)9-17(12(3)18)15(16)8-10/h7-8,14H,5-6,9H2,1-4H3. The minimum atomic E-state index is -0.257. The Morgan fingerprint density at radius 2 is 2.00 bits per heavy atom. The Morgan fingerprint density at radius 3 is 2.60 bits per heavy atom. The van der Waals surface area contributed by atoms with E-state index in [1.54, 1.807) is 6.92 Å². The number of rotatable bonds is 3. The summed E-state index contributed by atoms with van der Waals surface area (Å²) in [5.74, 6) is 0.0485. The lowest BCUT2D eigenvalue weighted by molar-refractivity contribution is -0.141. The van der Waals surface area contributed by atoms with Crippen LogP contribution in [0.3, 0.4) is 0 Å². The van der Waals surface area contributed by atoms with Crippen LogP contribution in [0.15, 0.2) is 12.1 Å². The molecule has 2 rings (SSSR count). The molecule has 0 aromatic heterocycles. The van der Waals surface area contributed by atoms with Crippen LogP contribution in [0.5, 0.6) is 0 Å². The molecule has 1 aromatic rings. The van der Waals surface area contributed by atoms with Crippen LogP contribution in [0.4, 0.5) is 5.69 Å². The Bertz CT molecular complexity index is 551. The van der Waals surface area contributed by atoms with Gasteiger partial charge in [0.2, 0.25) is 5.91 Å². The van der Waals surface area contributed by atoms with Crippen molar-refractivity contribution in [2.75, 3.05) is 18.1 Å². The smallest absolute Gasteiger partial charge is 0.302 e. The van der Waals surface area contributed by atoms with E-state index >= 15 is 0 Å². The van der Waals surface area contributed by atoms with Crippen LogP contribution in [-0.2, 0) is 14.3 Å². The average molecular weight is 275 g/mol. The van der Waals surface area contributed by atoms with Gasteiger partial charge in [0.05, 0.1) is 6.61 Å². The molecular formula is C16H21NO3. The molecule has 1 unspecified atom stereocenters. The second-order valence-electron chi connectivity index (χ2n) is 5.47. The highest BCUT2D eigenvalue weighted by molar-refractivity contribution is 5.94. The summed E-state index contributed by atoms with van der Waals surface area (Å²) in [5, 5.41) is 0. The molecule has 1 amide bonds. The van der Waals surface area contributed by atoms with Crippen LogP contribution >= 0.6 is 0 Å². The lowest BCUT2D eigenvalue weighted by Crippen LogP contribution is -2.27.